The number of methoxy groups -OCH3 is 1. The predicted octanol–water partition coefficient (Wildman–Crippen LogP) is 2.73. The maximum atomic E-state index is 12.2. The molecule has 0 bridgehead atoms. The summed E-state index contributed by atoms with van der Waals surface area (Å²) in [5.41, 5.74) is 10.3. The molecule has 2 aromatic carbocycles. The maximum Gasteiger partial charge on any atom is 0.247 e. The van der Waals surface area contributed by atoms with Crippen LogP contribution >= 0.6 is 0 Å². The number of rotatable bonds is 3. The molecule has 22 heavy (non-hydrogen) atoms. The molecule has 1 aliphatic heterocycles. The zero-order valence-electron chi connectivity index (χ0n) is 13.0. The van der Waals surface area contributed by atoms with Gasteiger partial charge in [0, 0.05) is 5.69 Å². The van der Waals surface area contributed by atoms with E-state index in [4.69, 9.17) is 10.5 Å². The summed E-state index contributed by atoms with van der Waals surface area (Å²) in [6.45, 7) is 4.11. The molecule has 1 aliphatic rings. The Morgan fingerprint density at radius 3 is 2.32 bits per heavy atom. The second-order valence-corrected chi connectivity index (χ2v) is 5.72. The molecule has 1 fully saturated rings. The van der Waals surface area contributed by atoms with Crippen LogP contribution in [0.2, 0.25) is 0 Å². The lowest BCUT2D eigenvalue weighted by molar-refractivity contribution is -0.126. The van der Waals surface area contributed by atoms with E-state index >= 15 is 0 Å². The minimum absolute atomic E-state index is 0.0379. The Bertz CT molecular complexity index is 710. The number of nitrogens with zero attached hydrogens (tertiary/aromatic N) is 1. The van der Waals surface area contributed by atoms with Crippen LogP contribution in [0.4, 0.5) is 5.69 Å². The van der Waals surface area contributed by atoms with Crippen LogP contribution in [0.1, 0.15) is 22.7 Å². The molecule has 3 rings (SSSR count). The summed E-state index contributed by atoms with van der Waals surface area (Å²) >= 11 is 0. The van der Waals surface area contributed by atoms with Crippen LogP contribution in [0.5, 0.6) is 5.75 Å². The van der Waals surface area contributed by atoms with Gasteiger partial charge >= 0.3 is 0 Å². The minimum atomic E-state index is -0.491. The van der Waals surface area contributed by atoms with Gasteiger partial charge in [0.15, 0.2) is 0 Å². The number of nitrogens with two attached hydrogens (primary N) is 1. The van der Waals surface area contributed by atoms with Gasteiger partial charge in [-0.05, 0) is 54.8 Å². The molecule has 0 saturated carbocycles. The van der Waals surface area contributed by atoms with Gasteiger partial charge in [-0.3, -0.25) is 4.79 Å². The number of ether oxygens (including phenoxy) is 1. The first-order valence-electron chi connectivity index (χ1n) is 7.33. The first-order valence-corrected chi connectivity index (χ1v) is 7.33. The Kier molecular flexibility index (Phi) is 3.62. The van der Waals surface area contributed by atoms with E-state index < -0.39 is 6.04 Å². The van der Waals surface area contributed by atoms with Crippen molar-refractivity contribution in [3.63, 3.8) is 0 Å². The third-order valence-corrected chi connectivity index (χ3v) is 4.37. The van der Waals surface area contributed by atoms with Crippen molar-refractivity contribution in [1.29, 1.82) is 0 Å². The largest absolute Gasteiger partial charge is 0.497 e. The Balaban J connectivity index is 1.95. The Morgan fingerprint density at radius 1 is 1.05 bits per heavy atom. The molecule has 0 unspecified atom stereocenters. The molecule has 2 aromatic rings. The standard InChI is InChI=1S/C18H20N2O2/c1-11-4-7-14(10-12(11)2)20-17(16(19)18(20)21)13-5-8-15(22-3)9-6-13/h4-10,16-17H,19H2,1-3H3/t16-,17-/m0/s1. The number of aryl methyl sites for hydroxylation is 2. The lowest BCUT2D eigenvalue weighted by atomic mass is 9.88. The fourth-order valence-electron chi connectivity index (χ4n) is 2.83. The highest BCUT2D eigenvalue weighted by molar-refractivity contribution is 6.05. The molecule has 114 valence electrons. The average molecular weight is 296 g/mol. The van der Waals surface area contributed by atoms with Crippen molar-refractivity contribution in [2.45, 2.75) is 25.9 Å². The quantitative estimate of drug-likeness (QED) is 0.886. The van der Waals surface area contributed by atoms with Crippen LogP contribution in [0.15, 0.2) is 42.5 Å². The van der Waals surface area contributed by atoms with Crippen molar-refractivity contribution >= 4 is 11.6 Å². The van der Waals surface area contributed by atoms with Gasteiger partial charge in [0.2, 0.25) is 5.91 Å². The highest BCUT2D eigenvalue weighted by atomic mass is 16.5. The third-order valence-electron chi connectivity index (χ3n) is 4.37. The van der Waals surface area contributed by atoms with Crippen LogP contribution in [0.3, 0.4) is 0 Å². The first kappa shape index (κ1) is 14.6. The van der Waals surface area contributed by atoms with E-state index in [1.807, 2.05) is 49.4 Å². The van der Waals surface area contributed by atoms with Crippen LogP contribution in [0.25, 0.3) is 0 Å². The van der Waals surface area contributed by atoms with Crippen LogP contribution < -0.4 is 15.4 Å². The molecule has 1 saturated heterocycles. The van der Waals surface area contributed by atoms with E-state index in [1.54, 1.807) is 12.0 Å². The summed E-state index contributed by atoms with van der Waals surface area (Å²) in [6.07, 6.45) is 0. The summed E-state index contributed by atoms with van der Waals surface area (Å²) in [7, 11) is 1.63. The fourth-order valence-corrected chi connectivity index (χ4v) is 2.83. The first-order chi connectivity index (χ1) is 10.5. The van der Waals surface area contributed by atoms with Crippen LogP contribution in [-0.2, 0) is 4.79 Å². The van der Waals surface area contributed by atoms with Gasteiger partial charge < -0.3 is 15.4 Å². The Hall–Kier alpha value is -2.33. The summed E-state index contributed by atoms with van der Waals surface area (Å²) in [6, 6.07) is 13.1. The highest BCUT2D eigenvalue weighted by Crippen LogP contribution is 2.39. The molecule has 0 spiro atoms. The summed E-state index contributed by atoms with van der Waals surface area (Å²) in [5.74, 6) is 0.754. The highest BCUT2D eigenvalue weighted by Gasteiger charge is 2.46. The van der Waals surface area contributed by atoms with Gasteiger partial charge in [-0.2, -0.15) is 0 Å². The molecule has 4 heteroatoms. The number of hydrogen-bond acceptors (Lipinski definition) is 3. The molecule has 2 N–H and O–H groups in total. The van der Waals surface area contributed by atoms with E-state index in [2.05, 4.69) is 6.92 Å². The monoisotopic (exact) mass is 296 g/mol. The SMILES string of the molecule is COc1ccc([C@H]2[C@H](N)C(=O)N2c2ccc(C)c(C)c2)cc1. The van der Waals surface area contributed by atoms with Crippen LogP contribution in [-0.4, -0.2) is 19.1 Å². The van der Waals surface area contributed by atoms with Crippen molar-refractivity contribution in [2.24, 2.45) is 5.73 Å². The smallest absolute Gasteiger partial charge is 0.247 e. The normalized spacial score (nSPS) is 20.7. The molecule has 4 nitrogen and oxygen atoms in total. The summed E-state index contributed by atoms with van der Waals surface area (Å²) in [5, 5.41) is 0. The number of anilines is 1. The van der Waals surface area contributed by atoms with Gasteiger partial charge in [0.1, 0.15) is 11.8 Å². The second kappa shape index (κ2) is 5.46. The second-order valence-electron chi connectivity index (χ2n) is 5.72. The molecule has 1 amide bonds. The zero-order valence-corrected chi connectivity index (χ0v) is 13.0. The lowest BCUT2D eigenvalue weighted by Gasteiger charge is -2.45. The number of β-lactam (4-membered cyclic amide) rings is 1. The van der Waals surface area contributed by atoms with Crippen molar-refractivity contribution in [2.75, 3.05) is 12.0 Å². The Labute approximate surface area is 130 Å². The molecular weight excluding hydrogens is 276 g/mol. The van der Waals surface area contributed by atoms with Crippen molar-refractivity contribution in [3.8, 4) is 5.75 Å². The minimum Gasteiger partial charge on any atom is -0.497 e. The van der Waals surface area contributed by atoms with Gasteiger partial charge in [0.25, 0.3) is 0 Å². The van der Waals surface area contributed by atoms with E-state index in [1.165, 1.54) is 11.1 Å². The predicted molar refractivity (Wildman–Crippen MR) is 87.1 cm³/mol. The third kappa shape index (κ3) is 2.25. The number of amides is 1. The topological polar surface area (TPSA) is 55.6 Å². The van der Waals surface area contributed by atoms with Crippen molar-refractivity contribution in [1.82, 2.24) is 0 Å². The summed E-state index contributed by atoms with van der Waals surface area (Å²) in [4.78, 5) is 14.0. The van der Waals surface area contributed by atoms with E-state index in [0.717, 1.165) is 17.0 Å². The van der Waals surface area contributed by atoms with E-state index in [-0.39, 0.29) is 11.9 Å². The summed E-state index contributed by atoms with van der Waals surface area (Å²) < 4.78 is 5.18. The molecule has 0 radical (unpaired) electrons. The zero-order chi connectivity index (χ0) is 15.9. The van der Waals surface area contributed by atoms with Gasteiger partial charge in [-0.25, -0.2) is 0 Å². The van der Waals surface area contributed by atoms with Crippen LogP contribution in [0, 0.1) is 13.8 Å². The lowest BCUT2D eigenvalue weighted by Crippen LogP contribution is -2.63. The molecule has 0 aliphatic carbocycles. The van der Waals surface area contributed by atoms with Gasteiger partial charge in [-0.1, -0.05) is 18.2 Å². The van der Waals surface area contributed by atoms with E-state index in [0.29, 0.717) is 0 Å². The number of carbonyl (C=O) groups excluding carboxylic acids is 1. The number of hydrogen-bond donors (Lipinski definition) is 1. The Morgan fingerprint density at radius 2 is 1.73 bits per heavy atom. The van der Waals surface area contributed by atoms with Crippen molar-refractivity contribution in [3.05, 3.63) is 59.2 Å². The van der Waals surface area contributed by atoms with E-state index in [9.17, 15) is 4.79 Å². The van der Waals surface area contributed by atoms with Crippen molar-refractivity contribution < 1.29 is 9.53 Å². The average Bonchev–Trinajstić information content (AvgIpc) is 2.54. The maximum absolute atomic E-state index is 12.2. The molecule has 0 aromatic heterocycles. The van der Waals surface area contributed by atoms with Gasteiger partial charge in [0.05, 0.1) is 13.2 Å². The molecule has 1 heterocycles. The number of carbonyl (C=O) groups is 1. The molecular formula is C18H20N2O2. The fraction of sp³-hybridized carbons (Fsp3) is 0.278. The number of benzene rings is 2. The van der Waals surface area contributed by atoms with Gasteiger partial charge in [-0.15, -0.1) is 0 Å². The molecule has 2 atom stereocenters.